The molecular formula is C13H12BrFN2O. The van der Waals surface area contributed by atoms with Crippen LogP contribution >= 0.6 is 15.9 Å². The van der Waals surface area contributed by atoms with Gasteiger partial charge in [-0.15, -0.1) is 0 Å². The summed E-state index contributed by atoms with van der Waals surface area (Å²) in [6.45, 7) is 0.341. The Morgan fingerprint density at radius 3 is 2.89 bits per heavy atom. The number of anilines is 1. The molecule has 0 saturated heterocycles. The van der Waals surface area contributed by atoms with Gasteiger partial charge in [0.1, 0.15) is 24.0 Å². The number of aromatic nitrogens is 1. The van der Waals surface area contributed by atoms with Crippen LogP contribution in [-0.4, -0.2) is 12.0 Å². The van der Waals surface area contributed by atoms with Crippen LogP contribution in [0.1, 0.15) is 5.69 Å². The van der Waals surface area contributed by atoms with Crippen molar-refractivity contribution in [1.29, 1.82) is 0 Å². The summed E-state index contributed by atoms with van der Waals surface area (Å²) in [5.74, 6) is 1.08. The van der Waals surface area contributed by atoms with Crippen LogP contribution in [0.5, 0.6) is 5.75 Å². The van der Waals surface area contributed by atoms with Crippen molar-refractivity contribution < 1.29 is 9.13 Å². The van der Waals surface area contributed by atoms with Gasteiger partial charge >= 0.3 is 0 Å². The van der Waals surface area contributed by atoms with Gasteiger partial charge in [-0.2, -0.15) is 0 Å². The second-order valence-corrected chi connectivity index (χ2v) is 4.48. The molecular weight excluding hydrogens is 299 g/mol. The van der Waals surface area contributed by atoms with Crippen LogP contribution in [0.25, 0.3) is 0 Å². The number of hydrogen-bond acceptors (Lipinski definition) is 3. The third kappa shape index (κ3) is 3.20. The fourth-order valence-corrected chi connectivity index (χ4v) is 1.78. The normalized spacial score (nSPS) is 10.2. The Bertz CT molecular complexity index is 548. The predicted molar refractivity (Wildman–Crippen MR) is 72.2 cm³/mol. The lowest BCUT2D eigenvalue weighted by atomic mass is 10.3. The third-order valence-electron chi connectivity index (χ3n) is 2.34. The topological polar surface area (TPSA) is 34.1 Å². The molecule has 2 aromatic rings. The molecule has 18 heavy (non-hydrogen) atoms. The first kappa shape index (κ1) is 12.8. The highest BCUT2D eigenvalue weighted by Gasteiger charge is 2.02. The van der Waals surface area contributed by atoms with Gasteiger partial charge in [-0.25, -0.2) is 9.37 Å². The van der Waals surface area contributed by atoms with Gasteiger partial charge in [-0.05, 0) is 46.3 Å². The lowest BCUT2D eigenvalue weighted by molar-refractivity contribution is 0.301. The molecule has 2 rings (SSSR count). The fourth-order valence-electron chi connectivity index (χ4n) is 1.42. The van der Waals surface area contributed by atoms with Crippen molar-refractivity contribution in [2.45, 2.75) is 6.61 Å². The van der Waals surface area contributed by atoms with Crippen molar-refractivity contribution >= 4 is 21.7 Å². The first-order chi connectivity index (χ1) is 8.69. The van der Waals surface area contributed by atoms with E-state index in [1.54, 1.807) is 12.1 Å². The zero-order chi connectivity index (χ0) is 13.0. The summed E-state index contributed by atoms with van der Waals surface area (Å²) in [6, 6.07) is 10.2. The average molecular weight is 311 g/mol. The molecule has 0 aliphatic heterocycles. The van der Waals surface area contributed by atoms with Crippen LogP contribution in [0, 0.1) is 5.82 Å². The van der Waals surface area contributed by atoms with Crippen LogP contribution in [0.2, 0.25) is 0 Å². The number of nitrogens with one attached hydrogen (secondary N) is 1. The van der Waals surface area contributed by atoms with Crippen LogP contribution in [0.3, 0.4) is 0 Å². The molecule has 3 nitrogen and oxygen atoms in total. The average Bonchev–Trinajstić information content (AvgIpc) is 2.40. The zero-order valence-electron chi connectivity index (χ0n) is 9.78. The van der Waals surface area contributed by atoms with Gasteiger partial charge < -0.3 is 10.1 Å². The van der Waals surface area contributed by atoms with Crippen molar-refractivity contribution in [3.8, 4) is 5.75 Å². The van der Waals surface area contributed by atoms with Crippen molar-refractivity contribution in [3.63, 3.8) is 0 Å². The van der Waals surface area contributed by atoms with E-state index in [4.69, 9.17) is 4.74 Å². The van der Waals surface area contributed by atoms with Crippen molar-refractivity contribution in [1.82, 2.24) is 4.98 Å². The van der Waals surface area contributed by atoms with Gasteiger partial charge in [0, 0.05) is 7.05 Å². The van der Waals surface area contributed by atoms with E-state index in [2.05, 4.69) is 26.2 Å². The van der Waals surface area contributed by atoms with Gasteiger partial charge in [0.25, 0.3) is 0 Å². The molecule has 0 unspecified atom stereocenters. The number of halogens is 2. The minimum Gasteiger partial charge on any atom is -0.487 e. The van der Waals surface area contributed by atoms with E-state index in [1.807, 2.05) is 25.2 Å². The summed E-state index contributed by atoms with van der Waals surface area (Å²) in [7, 11) is 1.81. The van der Waals surface area contributed by atoms with Crippen molar-refractivity contribution in [3.05, 3.63) is 52.4 Å². The number of pyridine rings is 1. The Balaban J connectivity index is 2.04. The Morgan fingerprint density at radius 2 is 2.17 bits per heavy atom. The summed E-state index contributed by atoms with van der Waals surface area (Å²) >= 11 is 3.11. The maximum absolute atomic E-state index is 13.0. The molecule has 1 aromatic carbocycles. The minimum atomic E-state index is -0.308. The number of ether oxygens (including phenoxy) is 1. The standard InChI is InChI=1S/C13H12BrFN2O/c1-16-13-4-2-3-9(17-13)8-18-10-5-6-12(15)11(14)7-10/h2-7H,8H2,1H3,(H,16,17). The number of benzene rings is 1. The van der Waals surface area contributed by atoms with E-state index in [1.165, 1.54) is 6.07 Å². The highest BCUT2D eigenvalue weighted by atomic mass is 79.9. The van der Waals surface area contributed by atoms with E-state index in [-0.39, 0.29) is 5.82 Å². The SMILES string of the molecule is CNc1cccc(COc2ccc(F)c(Br)c2)n1. The van der Waals surface area contributed by atoms with Gasteiger partial charge in [-0.3, -0.25) is 0 Å². The summed E-state index contributed by atoms with van der Waals surface area (Å²) in [4.78, 5) is 4.32. The Hall–Kier alpha value is -1.62. The van der Waals surface area contributed by atoms with Gasteiger partial charge in [0.05, 0.1) is 10.2 Å². The maximum Gasteiger partial charge on any atom is 0.137 e. The highest BCUT2D eigenvalue weighted by molar-refractivity contribution is 9.10. The summed E-state index contributed by atoms with van der Waals surface area (Å²) in [5.41, 5.74) is 0.808. The van der Waals surface area contributed by atoms with E-state index in [0.29, 0.717) is 16.8 Å². The minimum absolute atomic E-state index is 0.308. The number of hydrogen-bond donors (Lipinski definition) is 1. The largest absolute Gasteiger partial charge is 0.487 e. The molecule has 1 heterocycles. The second kappa shape index (κ2) is 5.82. The number of nitrogens with zero attached hydrogens (tertiary/aromatic N) is 1. The van der Waals surface area contributed by atoms with E-state index in [9.17, 15) is 4.39 Å². The lowest BCUT2D eigenvalue weighted by Gasteiger charge is -2.07. The van der Waals surface area contributed by atoms with Crippen LogP contribution in [0.15, 0.2) is 40.9 Å². The van der Waals surface area contributed by atoms with Gasteiger partial charge in [-0.1, -0.05) is 6.07 Å². The van der Waals surface area contributed by atoms with Crippen molar-refractivity contribution in [2.24, 2.45) is 0 Å². The molecule has 0 aliphatic carbocycles. The zero-order valence-corrected chi connectivity index (χ0v) is 11.4. The Labute approximate surface area is 113 Å². The molecule has 0 bridgehead atoms. The van der Waals surface area contributed by atoms with Crippen LogP contribution < -0.4 is 10.1 Å². The van der Waals surface area contributed by atoms with Gasteiger partial charge in [0.15, 0.2) is 0 Å². The summed E-state index contributed by atoms with van der Waals surface area (Å²) in [5, 5.41) is 2.96. The predicted octanol–water partition coefficient (Wildman–Crippen LogP) is 3.60. The third-order valence-corrected chi connectivity index (χ3v) is 2.95. The molecule has 0 fully saturated rings. The summed E-state index contributed by atoms with van der Waals surface area (Å²) < 4.78 is 19.0. The Morgan fingerprint density at radius 1 is 1.33 bits per heavy atom. The Kier molecular flexibility index (Phi) is 4.15. The molecule has 0 saturated carbocycles. The molecule has 94 valence electrons. The van der Waals surface area contributed by atoms with E-state index >= 15 is 0 Å². The molecule has 1 aromatic heterocycles. The molecule has 0 atom stereocenters. The molecule has 0 radical (unpaired) electrons. The smallest absolute Gasteiger partial charge is 0.137 e. The summed E-state index contributed by atoms with van der Waals surface area (Å²) in [6.07, 6.45) is 0. The second-order valence-electron chi connectivity index (χ2n) is 3.63. The molecule has 1 N–H and O–H groups in total. The fraction of sp³-hybridized carbons (Fsp3) is 0.154. The first-order valence-electron chi connectivity index (χ1n) is 5.40. The highest BCUT2D eigenvalue weighted by Crippen LogP contribution is 2.22. The molecule has 5 heteroatoms. The van der Waals surface area contributed by atoms with E-state index < -0.39 is 0 Å². The van der Waals surface area contributed by atoms with Gasteiger partial charge in [0.2, 0.25) is 0 Å². The monoisotopic (exact) mass is 310 g/mol. The maximum atomic E-state index is 13.0. The van der Waals surface area contributed by atoms with Crippen LogP contribution in [0.4, 0.5) is 10.2 Å². The quantitative estimate of drug-likeness (QED) is 0.937. The van der Waals surface area contributed by atoms with Crippen molar-refractivity contribution in [2.75, 3.05) is 12.4 Å². The molecule has 0 spiro atoms. The lowest BCUT2D eigenvalue weighted by Crippen LogP contribution is -2.01. The van der Waals surface area contributed by atoms with Crippen LogP contribution in [-0.2, 0) is 6.61 Å². The first-order valence-corrected chi connectivity index (χ1v) is 6.20. The number of rotatable bonds is 4. The molecule has 0 amide bonds. The molecule has 0 aliphatic rings. The van der Waals surface area contributed by atoms with E-state index in [0.717, 1.165) is 11.5 Å².